The minimum atomic E-state index is -5.47. The van der Waals surface area contributed by atoms with Gasteiger partial charge < -0.3 is 23.9 Å². The quantitative estimate of drug-likeness (QED) is 0.0945. The van der Waals surface area contributed by atoms with E-state index >= 15 is 0 Å². The van der Waals surface area contributed by atoms with Crippen LogP contribution in [0.3, 0.4) is 0 Å². The summed E-state index contributed by atoms with van der Waals surface area (Å²) in [6.07, 6.45) is 0. The molecule has 0 heterocycles. The number of azo groups is 2. The third-order valence-corrected chi connectivity index (χ3v) is 9.74. The van der Waals surface area contributed by atoms with Crippen molar-refractivity contribution in [2.24, 2.45) is 20.5 Å². The fourth-order valence-corrected chi connectivity index (χ4v) is 6.92. The Kier molecular flexibility index (Phi) is 13.8. The Labute approximate surface area is 356 Å². The first-order valence-corrected chi connectivity index (χ1v) is 17.5. The molecule has 0 fully saturated rings. The van der Waals surface area contributed by atoms with Gasteiger partial charge in [0.25, 0.3) is 0 Å². The van der Waals surface area contributed by atoms with Gasteiger partial charge in [0.2, 0.25) is 0 Å². The molecule has 0 aliphatic rings. The van der Waals surface area contributed by atoms with E-state index in [9.17, 15) is 49.1 Å². The molecule has 0 radical (unpaired) electrons. The molecule has 6 aromatic rings. The van der Waals surface area contributed by atoms with E-state index in [4.69, 9.17) is 0 Å². The molecule has 244 valence electrons. The maximum Gasteiger partial charge on any atom is 1.00 e. The second-order valence-electron chi connectivity index (χ2n) is 10.2. The molecule has 15 nitrogen and oxygen atoms in total. The summed E-state index contributed by atoms with van der Waals surface area (Å²) in [5.41, 5.74) is -1.56. The Hall–Kier alpha value is -2.37. The molecule has 2 N–H and O–H groups in total. The predicted molar refractivity (Wildman–Crippen MR) is 167 cm³/mol. The Morgan fingerprint density at radius 1 is 0.490 bits per heavy atom. The van der Waals surface area contributed by atoms with E-state index in [0.29, 0.717) is 16.8 Å². The van der Waals surface area contributed by atoms with Crippen molar-refractivity contribution in [2.45, 2.75) is 14.7 Å². The van der Waals surface area contributed by atoms with Gasteiger partial charge in [0.15, 0.2) is 5.75 Å². The van der Waals surface area contributed by atoms with Crippen LogP contribution in [0.1, 0.15) is 0 Å². The van der Waals surface area contributed by atoms with E-state index in [2.05, 4.69) is 20.5 Å². The fraction of sp³-hybridized carbons (Fsp3) is 0. The fourth-order valence-electron chi connectivity index (χ4n) is 5.07. The second kappa shape index (κ2) is 16.3. The Morgan fingerprint density at radius 2 is 1.06 bits per heavy atom. The number of benzene rings is 6. The molecular formula is C30H17N4Na3O11S3. The van der Waals surface area contributed by atoms with Crippen molar-refractivity contribution in [3.05, 3.63) is 91.0 Å². The standard InChI is InChI=1S/C30H20N4O11S3.3Na/c35-24-11-9-16-5-1-2-6-19(16)28(24)33-32-23-15-18(46(37,38)39)13-17-14-26(48(43,44)45)29(30(36)27(17)23)34-31-22-10-12-25(47(40,41)42)21-8-4-3-7-20(21)22;;;/h1-15,35-36H,(H,37,38,39)(H,40,41,42)(H,43,44,45);;;/q;3*+1/p-3. The summed E-state index contributed by atoms with van der Waals surface area (Å²) in [4.78, 5) is -2.63. The van der Waals surface area contributed by atoms with Gasteiger partial charge in [0.05, 0.1) is 31.4 Å². The molecule has 0 saturated heterocycles. The van der Waals surface area contributed by atoms with Gasteiger partial charge in [-0.05, 0) is 47.2 Å². The topological polar surface area (TPSA) is 262 Å². The van der Waals surface area contributed by atoms with Gasteiger partial charge in [-0.2, -0.15) is 0 Å². The van der Waals surface area contributed by atoms with Crippen LogP contribution in [0.2, 0.25) is 0 Å². The van der Waals surface area contributed by atoms with Crippen molar-refractivity contribution < 1.29 is 138 Å². The zero-order valence-corrected chi connectivity index (χ0v) is 35.2. The summed E-state index contributed by atoms with van der Waals surface area (Å²) in [5.74, 6) is -1.35. The SMILES string of the molecule is O=S(=O)([O-])c1cc(N=Nc2c(O)ccc3ccccc23)c2c(O)c(N=Nc3ccc(S(=O)(=O)[O-])c4ccccc34)c(S(=O)(=O)[O-])cc2c1.[Na+].[Na+].[Na+]. The average molecular weight is 775 g/mol. The van der Waals surface area contributed by atoms with Crippen molar-refractivity contribution in [2.75, 3.05) is 0 Å². The number of phenolic OH excluding ortho intramolecular Hbond substituents is 2. The smallest absolute Gasteiger partial charge is 0.744 e. The predicted octanol–water partition coefficient (Wildman–Crippen LogP) is -2.89. The summed E-state index contributed by atoms with van der Waals surface area (Å²) < 4.78 is 108. The van der Waals surface area contributed by atoms with Gasteiger partial charge in [-0.3, -0.25) is 0 Å². The van der Waals surface area contributed by atoms with E-state index in [0.717, 1.165) is 24.3 Å². The van der Waals surface area contributed by atoms with Crippen LogP contribution in [0, 0.1) is 0 Å². The number of fused-ring (bicyclic) bond motifs is 3. The van der Waals surface area contributed by atoms with Crippen molar-refractivity contribution in [1.82, 2.24) is 0 Å². The number of hydrogen-bond acceptors (Lipinski definition) is 15. The van der Waals surface area contributed by atoms with Gasteiger partial charge in [0.1, 0.15) is 47.5 Å². The molecule has 0 aliphatic heterocycles. The first-order valence-electron chi connectivity index (χ1n) is 13.3. The van der Waals surface area contributed by atoms with E-state index < -0.39 is 72.9 Å². The number of phenols is 2. The van der Waals surface area contributed by atoms with Crippen molar-refractivity contribution in [3.8, 4) is 11.5 Å². The normalized spacial score (nSPS) is 12.2. The van der Waals surface area contributed by atoms with Crippen molar-refractivity contribution in [3.63, 3.8) is 0 Å². The first kappa shape index (κ1) is 43.0. The minimum absolute atomic E-state index is 0. The molecule has 6 aromatic carbocycles. The van der Waals surface area contributed by atoms with Crippen LogP contribution in [0.15, 0.2) is 126 Å². The largest absolute Gasteiger partial charge is 1.00 e. The molecule has 0 amide bonds. The summed E-state index contributed by atoms with van der Waals surface area (Å²) in [6.45, 7) is 0. The number of hydrogen-bond donors (Lipinski definition) is 2. The summed E-state index contributed by atoms with van der Waals surface area (Å²) in [5, 5.41) is 37.9. The van der Waals surface area contributed by atoms with Gasteiger partial charge in [-0.15, -0.1) is 20.5 Å². The van der Waals surface area contributed by atoms with Crippen LogP contribution < -0.4 is 88.7 Å². The molecule has 0 saturated carbocycles. The van der Waals surface area contributed by atoms with E-state index in [1.807, 2.05) is 0 Å². The van der Waals surface area contributed by atoms with Crippen LogP contribution in [-0.2, 0) is 30.4 Å². The Balaban J connectivity index is 0.00000234. The summed E-state index contributed by atoms with van der Waals surface area (Å²) in [7, 11) is -15.6. The molecule has 51 heavy (non-hydrogen) atoms. The van der Waals surface area contributed by atoms with E-state index in [1.165, 1.54) is 30.3 Å². The van der Waals surface area contributed by atoms with Gasteiger partial charge >= 0.3 is 88.7 Å². The van der Waals surface area contributed by atoms with Gasteiger partial charge in [-0.1, -0.05) is 54.6 Å². The Bertz CT molecular complexity index is 2750. The summed E-state index contributed by atoms with van der Waals surface area (Å²) >= 11 is 0. The number of rotatable bonds is 7. The molecule has 0 unspecified atom stereocenters. The van der Waals surface area contributed by atoms with Crippen LogP contribution in [-0.4, -0.2) is 49.1 Å². The van der Waals surface area contributed by atoms with Gasteiger partial charge in [-0.25, -0.2) is 25.3 Å². The van der Waals surface area contributed by atoms with E-state index in [1.54, 1.807) is 30.3 Å². The molecule has 0 atom stereocenters. The number of nitrogens with zero attached hydrogens (tertiary/aromatic N) is 4. The first-order chi connectivity index (χ1) is 22.5. The zero-order valence-electron chi connectivity index (χ0n) is 26.7. The monoisotopic (exact) mass is 774 g/mol. The second-order valence-corrected chi connectivity index (χ2v) is 14.2. The third kappa shape index (κ3) is 8.89. The maximum absolute atomic E-state index is 12.3. The number of aromatic hydroxyl groups is 2. The van der Waals surface area contributed by atoms with Crippen LogP contribution in [0.4, 0.5) is 22.7 Å². The molecule has 0 spiro atoms. The third-order valence-electron chi connectivity index (χ3n) is 7.19. The Morgan fingerprint density at radius 3 is 1.69 bits per heavy atom. The van der Waals surface area contributed by atoms with Crippen LogP contribution in [0.25, 0.3) is 32.3 Å². The minimum Gasteiger partial charge on any atom is -0.744 e. The zero-order chi connectivity index (χ0) is 34.6. The molecule has 0 aliphatic carbocycles. The van der Waals surface area contributed by atoms with Crippen LogP contribution in [0.5, 0.6) is 11.5 Å². The van der Waals surface area contributed by atoms with Crippen molar-refractivity contribution >= 4 is 85.4 Å². The molecule has 6 rings (SSSR count). The molecule has 21 heteroatoms. The van der Waals surface area contributed by atoms with Gasteiger partial charge in [0, 0.05) is 16.2 Å². The molecular weight excluding hydrogens is 758 g/mol. The average Bonchev–Trinajstić information content (AvgIpc) is 3.01. The molecule has 0 aromatic heterocycles. The van der Waals surface area contributed by atoms with Crippen LogP contribution >= 0.6 is 0 Å². The van der Waals surface area contributed by atoms with E-state index in [-0.39, 0.29) is 117 Å². The molecule has 0 bridgehead atoms. The summed E-state index contributed by atoms with van der Waals surface area (Å²) in [6, 6.07) is 19.5. The van der Waals surface area contributed by atoms with Crippen molar-refractivity contribution in [1.29, 1.82) is 0 Å². The maximum atomic E-state index is 12.3.